The minimum Gasteiger partial charge on any atom is -0.497 e. The number of methoxy groups -OCH3 is 1. The van der Waals surface area contributed by atoms with E-state index < -0.39 is 10.0 Å². The van der Waals surface area contributed by atoms with Crippen LogP contribution < -0.4 is 10.3 Å². The Morgan fingerprint density at radius 2 is 1.77 bits per heavy atom. The van der Waals surface area contributed by atoms with Crippen molar-refractivity contribution in [1.82, 2.24) is 8.87 Å². The van der Waals surface area contributed by atoms with Gasteiger partial charge in [0.1, 0.15) is 5.75 Å². The molecule has 0 N–H and O–H groups in total. The van der Waals surface area contributed by atoms with Crippen molar-refractivity contribution < 1.29 is 13.2 Å². The maximum absolute atomic E-state index is 13.1. The lowest BCUT2D eigenvalue weighted by Gasteiger charge is -2.41. The first-order valence-electron chi connectivity index (χ1n) is 8.70. The molecule has 3 heterocycles. The van der Waals surface area contributed by atoms with E-state index in [-0.39, 0.29) is 17.4 Å². The molecule has 0 saturated carbocycles. The molecule has 6 nitrogen and oxygen atoms in total. The van der Waals surface area contributed by atoms with Gasteiger partial charge in [-0.3, -0.25) is 4.79 Å². The molecule has 1 aromatic carbocycles. The molecule has 26 heavy (non-hydrogen) atoms. The molecule has 7 heteroatoms. The van der Waals surface area contributed by atoms with E-state index in [0.717, 1.165) is 23.4 Å². The average molecular weight is 374 g/mol. The molecule has 2 bridgehead atoms. The molecule has 0 radical (unpaired) electrons. The Labute approximate surface area is 153 Å². The minimum absolute atomic E-state index is 0.00447. The lowest BCUT2D eigenvalue weighted by atomic mass is 9.84. The number of hydrogen-bond donors (Lipinski definition) is 0. The third kappa shape index (κ3) is 2.95. The van der Waals surface area contributed by atoms with E-state index in [1.54, 1.807) is 11.4 Å². The van der Waals surface area contributed by atoms with E-state index in [2.05, 4.69) is 0 Å². The van der Waals surface area contributed by atoms with Gasteiger partial charge in [0.05, 0.1) is 13.4 Å². The standard InChI is InChI=1S/C19H22N2O4S/c1-25-16-5-3-14(4-6-16)17-7-8-18-15-9-13(11-21(18)19(17)22)10-20(12-15)26(2,23)24/h3-8,13,15H,9-12H2,1-2H3/t13-,15-/m1/s1. The van der Waals surface area contributed by atoms with Crippen molar-refractivity contribution in [2.24, 2.45) is 5.92 Å². The summed E-state index contributed by atoms with van der Waals surface area (Å²) in [6, 6.07) is 11.3. The number of ether oxygens (including phenoxy) is 1. The van der Waals surface area contributed by atoms with Crippen LogP contribution in [-0.4, -0.2) is 43.7 Å². The van der Waals surface area contributed by atoms with Crippen LogP contribution in [0.3, 0.4) is 0 Å². The lowest BCUT2D eigenvalue weighted by molar-refractivity contribution is 0.187. The monoisotopic (exact) mass is 374 g/mol. The quantitative estimate of drug-likeness (QED) is 0.823. The van der Waals surface area contributed by atoms with Gasteiger partial charge in [0, 0.05) is 36.8 Å². The van der Waals surface area contributed by atoms with Crippen LogP contribution in [0.1, 0.15) is 18.0 Å². The molecule has 0 unspecified atom stereocenters. The van der Waals surface area contributed by atoms with Gasteiger partial charge >= 0.3 is 0 Å². The topological polar surface area (TPSA) is 68.6 Å². The van der Waals surface area contributed by atoms with Gasteiger partial charge in [-0.25, -0.2) is 12.7 Å². The number of rotatable bonds is 3. The summed E-state index contributed by atoms with van der Waals surface area (Å²) < 4.78 is 32.4. The number of benzene rings is 1. The van der Waals surface area contributed by atoms with Gasteiger partial charge in [-0.1, -0.05) is 12.1 Å². The Bertz CT molecular complexity index is 995. The van der Waals surface area contributed by atoms with E-state index in [1.807, 2.05) is 41.0 Å². The van der Waals surface area contributed by atoms with Crippen LogP contribution in [0.15, 0.2) is 41.2 Å². The van der Waals surface area contributed by atoms with Crippen LogP contribution in [-0.2, 0) is 16.6 Å². The lowest BCUT2D eigenvalue weighted by Crippen LogP contribution is -2.48. The van der Waals surface area contributed by atoms with Crippen LogP contribution in [0.5, 0.6) is 5.75 Å². The van der Waals surface area contributed by atoms with Gasteiger partial charge < -0.3 is 9.30 Å². The zero-order valence-electron chi connectivity index (χ0n) is 14.9. The first-order chi connectivity index (χ1) is 12.4. The van der Waals surface area contributed by atoms with Crippen molar-refractivity contribution in [3.8, 4) is 16.9 Å². The summed E-state index contributed by atoms with van der Waals surface area (Å²) in [7, 11) is -1.59. The summed E-state index contributed by atoms with van der Waals surface area (Å²) in [6.07, 6.45) is 2.20. The fourth-order valence-electron chi connectivity index (χ4n) is 4.16. The van der Waals surface area contributed by atoms with Gasteiger partial charge in [0.15, 0.2) is 0 Å². The molecule has 0 amide bonds. The number of nitrogens with zero attached hydrogens (tertiary/aromatic N) is 2. The minimum atomic E-state index is -3.20. The molecule has 0 spiro atoms. The maximum Gasteiger partial charge on any atom is 0.258 e. The Balaban J connectivity index is 1.73. The molecule has 0 aliphatic carbocycles. The van der Waals surface area contributed by atoms with E-state index in [0.29, 0.717) is 25.2 Å². The van der Waals surface area contributed by atoms with Crippen LogP contribution in [0.2, 0.25) is 0 Å². The Kier molecular flexibility index (Phi) is 4.16. The van der Waals surface area contributed by atoms with E-state index in [9.17, 15) is 13.2 Å². The summed E-state index contributed by atoms with van der Waals surface area (Å²) in [5.74, 6) is 1.01. The summed E-state index contributed by atoms with van der Waals surface area (Å²) >= 11 is 0. The molecule has 1 aromatic heterocycles. The van der Waals surface area contributed by atoms with Gasteiger partial charge in [-0.2, -0.15) is 0 Å². The molecule has 4 rings (SSSR count). The molecule has 138 valence electrons. The van der Waals surface area contributed by atoms with Crippen molar-refractivity contribution in [1.29, 1.82) is 0 Å². The van der Waals surface area contributed by atoms with E-state index in [1.165, 1.54) is 6.26 Å². The van der Waals surface area contributed by atoms with Crippen molar-refractivity contribution in [3.63, 3.8) is 0 Å². The summed E-state index contributed by atoms with van der Waals surface area (Å²) in [5.41, 5.74) is 2.46. The van der Waals surface area contributed by atoms with E-state index >= 15 is 0 Å². The molecule has 2 aliphatic heterocycles. The molecule has 2 aliphatic rings. The summed E-state index contributed by atoms with van der Waals surface area (Å²) in [4.78, 5) is 13.1. The average Bonchev–Trinajstić information content (AvgIpc) is 2.62. The van der Waals surface area contributed by atoms with Crippen molar-refractivity contribution in [2.75, 3.05) is 26.5 Å². The number of piperidine rings is 1. The maximum atomic E-state index is 13.1. The second kappa shape index (κ2) is 6.25. The van der Waals surface area contributed by atoms with Gasteiger partial charge in [-0.05, 0) is 42.2 Å². The number of hydrogen-bond acceptors (Lipinski definition) is 4. The highest BCUT2D eigenvalue weighted by atomic mass is 32.2. The normalized spacial score (nSPS) is 22.7. The van der Waals surface area contributed by atoms with Crippen molar-refractivity contribution >= 4 is 10.0 Å². The van der Waals surface area contributed by atoms with Gasteiger partial charge in [0.25, 0.3) is 5.56 Å². The van der Waals surface area contributed by atoms with Crippen LogP contribution in [0.4, 0.5) is 0 Å². The van der Waals surface area contributed by atoms with Gasteiger partial charge in [-0.15, -0.1) is 0 Å². The first-order valence-corrected chi connectivity index (χ1v) is 10.5. The fraction of sp³-hybridized carbons (Fsp3) is 0.421. The molecule has 1 saturated heterocycles. The number of fused-ring (bicyclic) bond motifs is 4. The SMILES string of the molecule is COc1ccc(-c2ccc3n(c2=O)C[C@@H]2C[C@@H]3CN(S(C)(=O)=O)C2)cc1. The van der Waals surface area contributed by atoms with Gasteiger partial charge in [0.2, 0.25) is 10.0 Å². The van der Waals surface area contributed by atoms with Crippen molar-refractivity contribution in [3.05, 3.63) is 52.4 Å². The second-order valence-corrected chi connectivity index (χ2v) is 9.18. The summed E-state index contributed by atoms with van der Waals surface area (Å²) in [5, 5.41) is 0. The zero-order valence-corrected chi connectivity index (χ0v) is 15.7. The highest BCUT2D eigenvalue weighted by Gasteiger charge is 2.37. The molecular formula is C19H22N2O4S. The predicted molar refractivity (Wildman–Crippen MR) is 100.0 cm³/mol. The Morgan fingerprint density at radius 3 is 2.42 bits per heavy atom. The number of aromatic nitrogens is 1. The Morgan fingerprint density at radius 1 is 1.04 bits per heavy atom. The third-order valence-electron chi connectivity index (χ3n) is 5.44. The van der Waals surface area contributed by atoms with Crippen LogP contribution in [0.25, 0.3) is 11.1 Å². The van der Waals surface area contributed by atoms with E-state index in [4.69, 9.17) is 4.74 Å². The fourth-order valence-corrected chi connectivity index (χ4v) is 5.10. The summed E-state index contributed by atoms with van der Waals surface area (Å²) in [6.45, 7) is 1.52. The predicted octanol–water partition coefficient (Wildman–Crippen LogP) is 1.90. The third-order valence-corrected chi connectivity index (χ3v) is 6.68. The highest BCUT2D eigenvalue weighted by molar-refractivity contribution is 7.88. The van der Waals surface area contributed by atoms with Crippen LogP contribution in [0, 0.1) is 5.92 Å². The molecule has 2 atom stereocenters. The largest absolute Gasteiger partial charge is 0.497 e. The Hall–Kier alpha value is -2.12. The number of sulfonamides is 1. The molecule has 1 fully saturated rings. The second-order valence-electron chi connectivity index (χ2n) is 7.19. The highest BCUT2D eigenvalue weighted by Crippen LogP contribution is 2.36. The smallest absolute Gasteiger partial charge is 0.258 e. The first kappa shape index (κ1) is 17.3. The zero-order chi connectivity index (χ0) is 18.5. The van der Waals surface area contributed by atoms with Crippen LogP contribution >= 0.6 is 0 Å². The molecule has 2 aromatic rings. The number of pyridine rings is 1. The van der Waals surface area contributed by atoms with Crippen molar-refractivity contribution in [2.45, 2.75) is 18.9 Å². The molecular weight excluding hydrogens is 352 g/mol.